The fourth-order valence-corrected chi connectivity index (χ4v) is 2.11. The van der Waals surface area contributed by atoms with Gasteiger partial charge in [-0.1, -0.05) is 12.1 Å². The van der Waals surface area contributed by atoms with Gasteiger partial charge in [-0.05, 0) is 24.3 Å². The van der Waals surface area contributed by atoms with Crippen molar-refractivity contribution < 1.29 is 20.1 Å². The van der Waals surface area contributed by atoms with Crippen LogP contribution in [0, 0.1) is 0 Å². The Morgan fingerprint density at radius 2 is 1.80 bits per heavy atom. The van der Waals surface area contributed by atoms with Crippen molar-refractivity contribution in [2.24, 2.45) is 5.73 Å². The van der Waals surface area contributed by atoms with Crippen LogP contribution in [-0.4, -0.2) is 30.6 Å². The average molecular weight is 444 g/mol. The van der Waals surface area contributed by atoms with E-state index in [1.54, 1.807) is 6.20 Å². The molecule has 3 rings (SSSR count). The van der Waals surface area contributed by atoms with Gasteiger partial charge in [-0.2, -0.15) is 0 Å². The summed E-state index contributed by atoms with van der Waals surface area (Å²) in [7, 11) is 2.05. The molecule has 20 heavy (non-hydrogen) atoms. The molecule has 3 heterocycles. The van der Waals surface area contributed by atoms with E-state index in [1.807, 2.05) is 43.9 Å². The van der Waals surface area contributed by atoms with E-state index in [1.165, 1.54) is 0 Å². The van der Waals surface area contributed by atoms with Crippen molar-refractivity contribution >= 4 is 19.2 Å². The molecule has 2 aromatic heterocycles. The number of anilines is 2. The van der Waals surface area contributed by atoms with E-state index in [0.717, 1.165) is 30.4 Å². The minimum Gasteiger partial charge on any atom is -0.382 e. The zero-order valence-corrected chi connectivity index (χ0v) is 13.3. The minimum atomic E-state index is 0. The number of rotatable bonds is 3. The van der Waals surface area contributed by atoms with E-state index in [2.05, 4.69) is 19.6 Å². The van der Waals surface area contributed by atoms with Crippen molar-refractivity contribution in [2.75, 3.05) is 22.7 Å². The average Bonchev–Trinajstić information content (AvgIpc) is 2.98. The Morgan fingerprint density at radius 3 is 2.50 bits per heavy atom. The second-order valence-electron chi connectivity index (χ2n) is 4.38. The first-order valence-corrected chi connectivity index (χ1v) is 6.32. The van der Waals surface area contributed by atoms with Crippen LogP contribution in [0.25, 0.3) is 0 Å². The van der Waals surface area contributed by atoms with Crippen LogP contribution in [0.2, 0.25) is 0 Å². The largest absolute Gasteiger partial charge is 0.394 e. The summed E-state index contributed by atoms with van der Waals surface area (Å²) in [4.78, 5) is 13.1. The molecule has 104 valence electrons. The van der Waals surface area contributed by atoms with Crippen LogP contribution < -0.4 is 15.4 Å². The quantitative estimate of drug-likeness (QED) is 0.710. The molecule has 0 aromatic carbocycles. The SMILES string of the molecule is NCc1cccc(N2[B]N(c3ccccn3)CC2)n1.[Ir]. The maximum absolute atomic E-state index is 5.62. The molecule has 0 unspecified atom stereocenters. The summed E-state index contributed by atoms with van der Waals surface area (Å²) in [5.74, 6) is 1.89. The van der Waals surface area contributed by atoms with Crippen molar-refractivity contribution in [3.05, 3.63) is 48.3 Å². The Kier molecular flexibility index (Phi) is 5.12. The molecular weight excluding hydrogens is 429 g/mol. The Bertz CT molecular complexity index is 553. The fourth-order valence-electron chi connectivity index (χ4n) is 2.11. The third kappa shape index (κ3) is 3.18. The van der Waals surface area contributed by atoms with Gasteiger partial charge in [0.25, 0.3) is 0 Å². The summed E-state index contributed by atoms with van der Waals surface area (Å²) >= 11 is 0. The number of nitrogens with zero attached hydrogens (tertiary/aromatic N) is 4. The predicted molar refractivity (Wildman–Crippen MR) is 76.8 cm³/mol. The zero-order valence-electron chi connectivity index (χ0n) is 10.9. The molecule has 0 aliphatic carbocycles. The Labute approximate surface area is 132 Å². The summed E-state index contributed by atoms with van der Waals surface area (Å²) in [6, 6.07) is 11.8. The van der Waals surface area contributed by atoms with E-state index in [-0.39, 0.29) is 20.1 Å². The molecular formula is C13H15BIrN5. The van der Waals surface area contributed by atoms with Gasteiger partial charge in [-0.15, -0.1) is 0 Å². The minimum absolute atomic E-state index is 0. The maximum Gasteiger partial charge on any atom is 0.394 e. The molecule has 2 radical (unpaired) electrons. The van der Waals surface area contributed by atoms with E-state index in [9.17, 15) is 0 Å². The van der Waals surface area contributed by atoms with E-state index >= 15 is 0 Å². The van der Waals surface area contributed by atoms with Crippen LogP contribution in [-0.2, 0) is 26.7 Å². The summed E-state index contributed by atoms with van der Waals surface area (Å²) in [6.07, 6.45) is 1.80. The molecule has 0 bridgehead atoms. The van der Waals surface area contributed by atoms with Gasteiger partial charge in [0.1, 0.15) is 11.6 Å². The van der Waals surface area contributed by atoms with Crippen LogP contribution in [0.4, 0.5) is 11.6 Å². The van der Waals surface area contributed by atoms with Crippen molar-refractivity contribution in [1.29, 1.82) is 0 Å². The van der Waals surface area contributed by atoms with E-state index in [4.69, 9.17) is 5.73 Å². The van der Waals surface area contributed by atoms with Gasteiger partial charge >= 0.3 is 7.55 Å². The third-order valence-corrected chi connectivity index (χ3v) is 3.10. The monoisotopic (exact) mass is 445 g/mol. The Hall–Kier alpha value is -1.43. The van der Waals surface area contributed by atoms with Crippen molar-refractivity contribution in [3.63, 3.8) is 0 Å². The van der Waals surface area contributed by atoms with Gasteiger partial charge in [0.15, 0.2) is 0 Å². The molecule has 2 aromatic rings. The number of hydrogen-bond acceptors (Lipinski definition) is 5. The third-order valence-electron chi connectivity index (χ3n) is 3.10. The predicted octanol–water partition coefficient (Wildman–Crippen LogP) is 0.794. The van der Waals surface area contributed by atoms with Crippen LogP contribution in [0.5, 0.6) is 0 Å². The molecule has 0 atom stereocenters. The molecule has 1 aliphatic rings. The summed E-state index contributed by atoms with van der Waals surface area (Å²) < 4.78 is 0. The van der Waals surface area contributed by atoms with Crippen LogP contribution >= 0.6 is 0 Å². The molecule has 1 aliphatic heterocycles. The van der Waals surface area contributed by atoms with Crippen LogP contribution in [0.1, 0.15) is 5.69 Å². The topological polar surface area (TPSA) is 58.3 Å². The second-order valence-corrected chi connectivity index (χ2v) is 4.38. The Morgan fingerprint density at radius 1 is 1.05 bits per heavy atom. The number of pyridine rings is 2. The van der Waals surface area contributed by atoms with Gasteiger partial charge in [-0.25, -0.2) is 9.97 Å². The smallest absolute Gasteiger partial charge is 0.382 e. The molecule has 0 amide bonds. The van der Waals surface area contributed by atoms with Gasteiger partial charge in [0.05, 0.1) is 5.69 Å². The van der Waals surface area contributed by atoms with Crippen molar-refractivity contribution in [2.45, 2.75) is 6.54 Å². The number of hydrogen-bond donors (Lipinski definition) is 1. The number of nitrogens with two attached hydrogens (primary N) is 1. The first-order valence-electron chi connectivity index (χ1n) is 6.32. The molecule has 0 saturated carbocycles. The fraction of sp³-hybridized carbons (Fsp3) is 0.231. The van der Waals surface area contributed by atoms with Crippen LogP contribution in [0.15, 0.2) is 42.6 Å². The second kappa shape index (κ2) is 6.84. The zero-order chi connectivity index (χ0) is 13.1. The molecule has 2 N–H and O–H groups in total. The molecule has 7 heteroatoms. The molecule has 5 nitrogen and oxygen atoms in total. The summed E-state index contributed by atoms with van der Waals surface area (Å²) in [5.41, 5.74) is 6.53. The maximum atomic E-state index is 5.62. The van der Waals surface area contributed by atoms with Crippen molar-refractivity contribution in [3.8, 4) is 0 Å². The summed E-state index contributed by atoms with van der Waals surface area (Å²) in [5, 5.41) is 0. The van der Waals surface area contributed by atoms with Crippen molar-refractivity contribution in [1.82, 2.24) is 9.97 Å². The van der Waals surface area contributed by atoms with E-state index < -0.39 is 0 Å². The van der Waals surface area contributed by atoms with E-state index in [0.29, 0.717) is 6.54 Å². The summed E-state index contributed by atoms with van der Waals surface area (Å²) in [6.45, 7) is 2.27. The van der Waals surface area contributed by atoms with Gasteiger partial charge in [-0.3, -0.25) is 0 Å². The van der Waals surface area contributed by atoms with Gasteiger partial charge in [0.2, 0.25) is 0 Å². The molecule has 0 spiro atoms. The first-order chi connectivity index (χ1) is 9.36. The molecule has 1 saturated heterocycles. The molecule has 1 fully saturated rings. The first kappa shape index (κ1) is 15.0. The van der Waals surface area contributed by atoms with Gasteiger partial charge in [0, 0.05) is 45.9 Å². The van der Waals surface area contributed by atoms with Crippen LogP contribution in [0.3, 0.4) is 0 Å². The standard InChI is InChI=1S/C13H15BN5.Ir/c15-10-11-4-3-6-13(17-11)19-9-8-18(14-19)12-5-1-2-7-16-12;/h1-7H,8-10,15H2;. The normalized spacial score (nSPS) is 13.8. The van der Waals surface area contributed by atoms with Gasteiger partial charge < -0.3 is 15.4 Å². The Balaban J connectivity index is 0.00000147. The number of aromatic nitrogens is 2.